The first-order chi connectivity index (χ1) is 14.6. The van der Waals surface area contributed by atoms with Crippen LogP contribution in [0.4, 0.5) is 11.5 Å². The number of phenols is 1. The van der Waals surface area contributed by atoms with E-state index in [2.05, 4.69) is 22.4 Å². The van der Waals surface area contributed by atoms with Gasteiger partial charge in [-0.15, -0.1) is 0 Å². The quantitative estimate of drug-likeness (QED) is 0.499. The van der Waals surface area contributed by atoms with E-state index in [0.717, 1.165) is 37.9 Å². The maximum atomic E-state index is 10.6. The molecular weight excluding hydrogens is 376 g/mol. The van der Waals surface area contributed by atoms with Crippen molar-refractivity contribution in [2.45, 2.75) is 25.2 Å². The summed E-state index contributed by atoms with van der Waals surface area (Å²) in [5, 5.41) is 14.0. The van der Waals surface area contributed by atoms with Crippen molar-refractivity contribution in [3.8, 4) is 22.8 Å². The number of nitrogens with zero attached hydrogens (tertiary/aromatic N) is 1. The molecule has 3 aromatic rings. The van der Waals surface area contributed by atoms with Crippen LogP contribution in [-0.4, -0.2) is 29.8 Å². The van der Waals surface area contributed by atoms with Gasteiger partial charge >= 0.3 is 0 Å². The molecule has 1 fully saturated rings. The predicted octanol–water partition coefficient (Wildman–Crippen LogP) is 3.71. The van der Waals surface area contributed by atoms with E-state index >= 15 is 0 Å². The molecule has 0 saturated carbocycles. The van der Waals surface area contributed by atoms with E-state index in [0.29, 0.717) is 29.3 Å². The molecule has 1 unspecified atom stereocenters. The number of rotatable bonds is 6. The number of phenolic OH excluding ortho intramolecular Hbond substituents is 1. The zero-order valence-electron chi connectivity index (χ0n) is 17.0. The van der Waals surface area contributed by atoms with Gasteiger partial charge in [-0.05, 0) is 54.6 Å². The average molecular weight is 405 g/mol. The summed E-state index contributed by atoms with van der Waals surface area (Å²) < 4.78 is 6.05. The Hall–Kier alpha value is -3.25. The van der Waals surface area contributed by atoms with Crippen molar-refractivity contribution in [1.82, 2.24) is 10.3 Å². The minimum atomic E-state index is 0.108. The largest absolute Gasteiger partial charge is 0.507 e. The Morgan fingerprint density at radius 2 is 1.93 bits per heavy atom. The van der Waals surface area contributed by atoms with Crippen LogP contribution in [0.25, 0.3) is 11.3 Å². The number of ether oxygens (including phenoxy) is 1. The van der Waals surface area contributed by atoms with Crippen molar-refractivity contribution in [2.24, 2.45) is 0 Å². The van der Waals surface area contributed by atoms with Crippen LogP contribution < -0.4 is 21.5 Å². The fourth-order valence-corrected chi connectivity index (χ4v) is 4.00. The zero-order chi connectivity index (χ0) is 20.9. The van der Waals surface area contributed by atoms with E-state index in [-0.39, 0.29) is 17.5 Å². The maximum absolute atomic E-state index is 10.6. The van der Waals surface area contributed by atoms with Crippen molar-refractivity contribution < 1.29 is 9.84 Å². The Bertz CT molecular complexity index is 1000. The third-order valence-corrected chi connectivity index (χ3v) is 5.61. The Morgan fingerprint density at radius 1 is 1.10 bits per heavy atom. The van der Waals surface area contributed by atoms with Gasteiger partial charge in [0.15, 0.2) is 0 Å². The number of benzene rings is 2. The van der Waals surface area contributed by atoms with Crippen LogP contribution in [0, 0.1) is 0 Å². The minimum absolute atomic E-state index is 0.108. The fraction of sp³-hybridized carbons (Fsp3) is 0.292. The summed E-state index contributed by atoms with van der Waals surface area (Å²) in [4.78, 5) is 4.48. The Balaban J connectivity index is 1.64. The van der Waals surface area contributed by atoms with Gasteiger partial charge in [-0.2, -0.15) is 0 Å². The first kappa shape index (κ1) is 20.0. The second kappa shape index (κ2) is 9.05. The van der Waals surface area contributed by atoms with E-state index in [1.54, 1.807) is 12.1 Å². The summed E-state index contributed by atoms with van der Waals surface area (Å²) >= 11 is 0. The molecule has 0 bridgehead atoms. The number of nitrogen functional groups attached to an aromatic ring is 2. The van der Waals surface area contributed by atoms with E-state index < -0.39 is 0 Å². The lowest BCUT2D eigenvalue weighted by Gasteiger charge is -2.25. The van der Waals surface area contributed by atoms with Crippen LogP contribution in [0.5, 0.6) is 11.5 Å². The van der Waals surface area contributed by atoms with Crippen LogP contribution in [0.2, 0.25) is 0 Å². The molecule has 1 aromatic heterocycles. The van der Waals surface area contributed by atoms with Gasteiger partial charge in [0.25, 0.3) is 0 Å². The fourth-order valence-electron chi connectivity index (χ4n) is 4.00. The number of aromatic hydroxyl groups is 1. The highest BCUT2D eigenvalue weighted by atomic mass is 16.5. The highest BCUT2D eigenvalue weighted by Crippen LogP contribution is 2.40. The Kier molecular flexibility index (Phi) is 6.05. The second-order valence-electron chi connectivity index (χ2n) is 7.67. The average Bonchev–Trinajstić information content (AvgIpc) is 2.77. The Morgan fingerprint density at radius 3 is 2.70 bits per heavy atom. The number of hydrogen-bond acceptors (Lipinski definition) is 6. The maximum Gasteiger partial charge on any atom is 0.147 e. The van der Waals surface area contributed by atoms with Gasteiger partial charge in [0, 0.05) is 13.0 Å². The molecule has 6 N–H and O–H groups in total. The van der Waals surface area contributed by atoms with Gasteiger partial charge < -0.3 is 26.6 Å². The number of piperidine rings is 1. The van der Waals surface area contributed by atoms with Crippen molar-refractivity contribution in [2.75, 3.05) is 31.2 Å². The smallest absolute Gasteiger partial charge is 0.147 e. The molecule has 0 amide bonds. The molecule has 4 rings (SSSR count). The van der Waals surface area contributed by atoms with Crippen molar-refractivity contribution in [1.29, 1.82) is 0 Å². The van der Waals surface area contributed by atoms with Gasteiger partial charge in [-0.3, -0.25) is 0 Å². The molecule has 156 valence electrons. The SMILES string of the molecule is Nc1nc(-c2c(O)cccc2OCCc2ccccc2)cc(C2CCCNC2)c1N. The zero-order valence-corrected chi connectivity index (χ0v) is 17.0. The van der Waals surface area contributed by atoms with Gasteiger partial charge in [-0.25, -0.2) is 4.98 Å². The number of nitrogens with two attached hydrogens (primary N) is 2. The summed E-state index contributed by atoms with van der Waals surface area (Å²) in [6.07, 6.45) is 2.90. The molecule has 6 nitrogen and oxygen atoms in total. The molecular formula is C24H28N4O2. The summed E-state index contributed by atoms with van der Waals surface area (Å²) in [5.74, 6) is 1.24. The summed E-state index contributed by atoms with van der Waals surface area (Å²) in [5.41, 5.74) is 16.3. The molecule has 1 aliphatic heterocycles. The van der Waals surface area contributed by atoms with Gasteiger partial charge in [0.05, 0.1) is 23.6 Å². The molecule has 0 radical (unpaired) electrons. The van der Waals surface area contributed by atoms with Crippen LogP contribution in [-0.2, 0) is 6.42 Å². The summed E-state index contributed by atoms with van der Waals surface area (Å²) in [6, 6.07) is 17.3. The lowest BCUT2D eigenvalue weighted by molar-refractivity contribution is 0.321. The summed E-state index contributed by atoms with van der Waals surface area (Å²) in [6.45, 7) is 2.36. The third kappa shape index (κ3) is 4.33. The molecule has 2 heterocycles. The Labute approximate surface area is 176 Å². The number of hydrogen-bond donors (Lipinski definition) is 4. The van der Waals surface area contributed by atoms with E-state index in [1.165, 1.54) is 5.56 Å². The molecule has 2 aromatic carbocycles. The molecule has 30 heavy (non-hydrogen) atoms. The van der Waals surface area contributed by atoms with Gasteiger partial charge in [0.2, 0.25) is 0 Å². The van der Waals surface area contributed by atoms with Gasteiger partial charge in [-0.1, -0.05) is 36.4 Å². The molecule has 0 aliphatic carbocycles. The topological polar surface area (TPSA) is 106 Å². The monoisotopic (exact) mass is 404 g/mol. The first-order valence-electron chi connectivity index (χ1n) is 10.4. The summed E-state index contributed by atoms with van der Waals surface area (Å²) in [7, 11) is 0. The highest BCUT2D eigenvalue weighted by molar-refractivity contribution is 5.78. The minimum Gasteiger partial charge on any atom is -0.507 e. The van der Waals surface area contributed by atoms with Crippen molar-refractivity contribution >= 4 is 11.5 Å². The molecule has 0 spiro atoms. The lowest BCUT2D eigenvalue weighted by Crippen LogP contribution is -2.29. The normalized spacial score (nSPS) is 16.3. The van der Waals surface area contributed by atoms with Crippen molar-refractivity contribution in [3.05, 3.63) is 65.7 Å². The molecule has 1 saturated heterocycles. The molecule has 1 aliphatic rings. The predicted molar refractivity (Wildman–Crippen MR) is 121 cm³/mol. The number of pyridine rings is 1. The first-order valence-corrected chi connectivity index (χ1v) is 10.4. The van der Waals surface area contributed by atoms with Crippen molar-refractivity contribution in [3.63, 3.8) is 0 Å². The van der Waals surface area contributed by atoms with E-state index in [9.17, 15) is 5.11 Å². The molecule has 1 atom stereocenters. The van der Waals surface area contributed by atoms with Crippen LogP contribution in [0.1, 0.15) is 29.9 Å². The van der Waals surface area contributed by atoms with Crippen LogP contribution in [0.3, 0.4) is 0 Å². The highest BCUT2D eigenvalue weighted by Gasteiger charge is 2.22. The number of anilines is 2. The number of aromatic nitrogens is 1. The number of nitrogens with one attached hydrogen (secondary N) is 1. The molecule has 6 heteroatoms. The lowest BCUT2D eigenvalue weighted by atomic mass is 9.89. The standard InChI is InChI=1S/C24H28N4O2/c25-23-18(17-8-5-12-27-15-17)14-19(28-24(23)26)22-20(29)9-4-10-21(22)30-13-11-16-6-2-1-3-7-16/h1-4,6-7,9-10,14,17,27,29H,5,8,11-13,15,25H2,(H2,26,28). The van der Waals surface area contributed by atoms with E-state index in [4.69, 9.17) is 16.2 Å². The second-order valence-corrected chi connectivity index (χ2v) is 7.67. The van der Waals surface area contributed by atoms with Gasteiger partial charge in [0.1, 0.15) is 17.3 Å². The van der Waals surface area contributed by atoms with E-state index in [1.807, 2.05) is 30.3 Å². The third-order valence-electron chi connectivity index (χ3n) is 5.61. The van der Waals surface area contributed by atoms with Crippen LogP contribution in [0.15, 0.2) is 54.6 Å². The van der Waals surface area contributed by atoms with Crippen LogP contribution >= 0.6 is 0 Å².